The lowest BCUT2D eigenvalue weighted by atomic mass is 10.1. The van der Waals surface area contributed by atoms with Gasteiger partial charge in [0.25, 0.3) is 0 Å². The van der Waals surface area contributed by atoms with E-state index in [2.05, 4.69) is 10.3 Å². The molecule has 1 heterocycles. The number of halogens is 3. The molecule has 6 heteroatoms. The van der Waals surface area contributed by atoms with Crippen LogP contribution in [0, 0.1) is 0 Å². The SMILES string of the molecule is CNCc1ccc(Sc2ccccn2)c(C(F)(F)F)c1. The first-order valence-electron chi connectivity index (χ1n) is 5.94. The average Bonchev–Trinajstić information content (AvgIpc) is 2.41. The third-order valence-electron chi connectivity index (χ3n) is 2.58. The zero-order valence-electron chi connectivity index (χ0n) is 10.7. The van der Waals surface area contributed by atoms with E-state index in [1.54, 1.807) is 37.5 Å². The number of nitrogens with one attached hydrogen (secondary N) is 1. The zero-order valence-corrected chi connectivity index (χ0v) is 11.6. The van der Waals surface area contributed by atoms with Crippen molar-refractivity contribution in [1.82, 2.24) is 10.3 Å². The predicted octanol–water partition coefficient (Wildman–Crippen LogP) is 3.97. The van der Waals surface area contributed by atoms with Crippen LogP contribution in [0.25, 0.3) is 0 Å². The lowest BCUT2D eigenvalue weighted by Crippen LogP contribution is -2.10. The van der Waals surface area contributed by atoms with Crippen molar-refractivity contribution in [3.8, 4) is 0 Å². The second kappa shape index (κ2) is 6.28. The molecule has 20 heavy (non-hydrogen) atoms. The molecule has 0 aliphatic heterocycles. The first kappa shape index (κ1) is 14.9. The van der Waals surface area contributed by atoms with E-state index in [9.17, 15) is 13.2 Å². The summed E-state index contributed by atoms with van der Waals surface area (Å²) in [6, 6.07) is 9.53. The Morgan fingerprint density at radius 3 is 2.60 bits per heavy atom. The van der Waals surface area contributed by atoms with Gasteiger partial charge in [-0.25, -0.2) is 4.98 Å². The van der Waals surface area contributed by atoms with Gasteiger partial charge in [-0.2, -0.15) is 13.2 Å². The lowest BCUT2D eigenvalue weighted by molar-refractivity contribution is -0.139. The average molecular weight is 298 g/mol. The molecule has 2 nitrogen and oxygen atoms in total. The molecule has 2 rings (SSSR count). The van der Waals surface area contributed by atoms with Gasteiger partial charge in [0.1, 0.15) is 5.03 Å². The maximum Gasteiger partial charge on any atom is 0.417 e. The van der Waals surface area contributed by atoms with Crippen LogP contribution < -0.4 is 5.32 Å². The minimum Gasteiger partial charge on any atom is -0.316 e. The van der Waals surface area contributed by atoms with Crippen LogP contribution in [-0.4, -0.2) is 12.0 Å². The molecule has 0 fully saturated rings. The van der Waals surface area contributed by atoms with E-state index in [0.29, 0.717) is 17.1 Å². The van der Waals surface area contributed by atoms with Crippen molar-refractivity contribution in [2.45, 2.75) is 22.6 Å². The number of alkyl halides is 3. The molecule has 0 bridgehead atoms. The Labute approximate surface area is 119 Å². The maximum atomic E-state index is 13.1. The van der Waals surface area contributed by atoms with Crippen LogP contribution in [0.15, 0.2) is 52.5 Å². The second-order valence-electron chi connectivity index (χ2n) is 4.13. The molecule has 0 unspecified atom stereocenters. The highest BCUT2D eigenvalue weighted by molar-refractivity contribution is 7.99. The normalized spacial score (nSPS) is 11.6. The monoisotopic (exact) mass is 298 g/mol. The largest absolute Gasteiger partial charge is 0.417 e. The summed E-state index contributed by atoms with van der Waals surface area (Å²) in [7, 11) is 1.70. The van der Waals surface area contributed by atoms with Crippen molar-refractivity contribution in [3.05, 3.63) is 53.7 Å². The van der Waals surface area contributed by atoms with E-state index in [1.165, 1.54) is 12.1 Å². The number of pyridine rings is 1. The van der Waals surface area contributed by atoms with Crippen LogP contribution in [0.4, 0.5) is 13.2 Å². The standard InChI is InChI=1S/C14H13F3N2S/c1-18-9-10-5-6-12(11(8-10)14(15,16)17)20-13-4-2-3-7-19-13/h2-8,18H,9H2,1H3. The van der Waals surface area contributed by atoms with Crippen LogP contribution in [0.2, 0.25) is 0 Å². The molecule has 106 valence electrons. The summed E-state index contributed by atoms with van der Waals surface area (Å²) in [6.07, 6.45) is -2.81. The Hall–Kier alpha value is -1.53. The van der Waals surface area contributed by atoms with E-state index in [1.807, 2.05) is 0 Å². The van der Waals surface area contributed by atoms with E-state index >= 15 is 0 Å². The van der Waals surface area contributed by atoms with E-state index in [4.69, 9.17) is 0 Å². The van der Waals surface area contributed by atoms with Crippen molar-refractivity contribution < 1.29 is 13.2 Å². The van der Waals surface area contributed by atoms with Gasteiger partial charge in [-0.1, -0.05) is 23.9 Å². The van der Waals surface area contributed by atoms with Crippen molar-refractivity contribution in [2.24, 2.45) is 0 Å². The molecule has 0 saturated heterocycles. The molecule has 1 aromatic carbocycles. The number of rotatable bonds is 4. The van der Waals surface area contributed by atoms with Gasteiger partial charge in [-0.05, 0) is 36.9 Å². The molecular weight excluding hydrogens is 285 g/mol. The van der Waals surface area contributed by atoms with Crippen LogP contribution >= 0.6 is 11.8 Å². The van der Waals surface area contributed by atoms with E-state index in [-0.39, 0.29) is 4.90 Å². The second-order valence-corrected chi connectivity index (χ2v) is 5.19. The number of nitrogens with zero attached hydrogens (tertiary/aromatic N) is 1. The van der Waals surface area contributed by atoms with Gasteiger partial charge in [0.2, 0.25) is 0 Å². The van der Waals surface area contributed by atoms with E-state index in [0.717, 1.165) is 11.8 Å². The molecule has 0 atom stereocenters. The van der Waals surface area contributed by atoms with Gasteiger partial charge in [-0.15, -0.1) is 0 Å². The topological polar surface area (TPSA) is 24.9 Å². The molecule has 0 amide bonds. The molecular formula is C14H13F3N2S. The highest BCUT2D eigenvalue weighted by Crippen LogP contribution is 2.39. The van der Waals surface area contributed by atoms with Gasteiger partial charge < -0.3 is 5.32 Å². The van der Waals surface area contributed by atoms with Crippen LogP contribution in [0.1, 0.15) is 11.1 Å². The minimum absolute atomic E-state index is 0.163. The molecule has 1 N–H and O–H groups in total. The fourth-order valence-corrected chi connectivity index (χ4v) is 2.63. The number of aromatic nitrogens is 1. The number of benzene rings is 1. The van der Waals surface area contributed by atoms with Gasteiger partial charge in [0.15, 0.2) is 0 Å². The Kier molecular flexibility index (Phi) is 4.67. The summed E-state index contributed by atoms with van der Waals surface area (Å²) in [6.45, 7) is 0.400. The number of hydrogen-bond donors (Lipinski definition) is 1. The Morgan fingerprint density at radius 2 is 2.00 bits per heavy atom. The van der Waals surface area contributed by atoms with Crippen LogP contribution in [0.3, 0.4) is 0 Å². The molecule has 1 aromatic heterocycles. The van der Waals surface area contributed by atoms with Crippen molar-refractivity contribution in [1.29, 1.82) is 0 Å². The molecule has 0 spiro atoms. The summed E-state index contributed by atoms with van der Waals surface area (Å²) in [5, 5.41) is 3.39. The quantitative estimate of drug-likeness (QED) is 0.924. The summed E-state index contributed by atoms with van der Waals surface area (Å²) in [5.74, 6) is 0. The van der Waals surface area contributed by atoms with Crippen molar-refractivity contribution in [3.63, 3.8) is 0 Å². The Bertz CT molecular complexity index is 570. The minimum atomic E-state index is -4.37. The van der Waals surface area contributed by atoms with Crippen LogP contribution in [-0.2, 0) is 12.7 Å². The molecule has 0 radical (unpaired) electrons. The van der Waals surface area contributed by atoms with Crippen molar-refractivity contribution in [2.75, 3.05) is 7.05 Å². The van der Waals surface area contributed by atoms with Gasteiger partial charge in [0.05, 0.1) is 5.56 Å². The summed E-state index contributed by atoms with van der Waals surface area (Å²) < 4.78 is 39.4. The molecule has 0 aliphatic carbocycles. The molecule has 0 saturated carbocycles. The first-order chi connectivity index (χ1) is 9.50. The summed E-state index contributed by atoms with van der Waals surface area (Å²) in [4.78, 5) is 4.20. The lowest BCUT2D eigenvalue weighted by Gasteiger charge is -2.14. The predicted molar refractivity (Wildman–Crippen MR) is 72.6 cm³/mol. The Morgan fingerprint density at radius 1 is 1.20 bits per heavy atom. The van der Waals surface area contributed by atoms with Gasteiger partial charge in [0, 0.05) is 17.6 Å². The van der Waals surface area contributed by atoms with Gasteiger partial charge >= 0.3 is 6.18 Å². The van der Waals surface area contributed by atoms with Crippen molar-refractivity contribution >= 4 is 11.8 Å². The summed E-state index contributed by atoms with van der Waals surface area (Å²) >= 11 is 1.02. The zero-order chi connectivity index (χ0) is 14.6. The fraction of sp³-hybridized carbons (Fsp3) is 0.214. The Balaban J connectivity index is 2.37. The van der Waals surface area contributed by atoms with E-state index < -0.39 is 11.7 Å². The summed E-state index contributed by atoms with van der Waals surface area (Å²) in [5.41, 5.74) is -0.0221. The maximum absolute atomic E-state index is 13.1. The first-order valence-corrected chi connectivity index (χ1v) is 6.76. The van der Waals surface area contributed by atoms with Gasteiger partial charge in [-0.3, -0.25) is 0 Å². The molecule has 0 aliphatic rings. The highest BCUT2D eigenvalue weighted by atomic mass is 32.2. The third-order valence-corrected chi connectivity index (χ3v) is 3.61. The number of hydrogen-bond acceptors (Lipinski definition) is 3. The smallest absolute Gasteiger partial charge is 0.316 e. The highest BCUT2D eigenvalue weighted by Gasteiger charge is 2.34. The third kappa shape index (κ3) is 3.74. The van der Waals surface area contributed by atoms with Crippen LogP contribution in [0.5, 0.6) is 0 Å². The fourth-order valence-electron chi connectivity index (χ4n) is 1.72. The molecule has 2 aromatic rings.